The quantitative estimate of drug-likeness (QED) is 0.0349. The number of nitrogens with one attached hydrogen (secondary N) is 3. The van der Waals surface area contributed by atoms with Gasteiger partial charge in [0, 0.05) is 92.7 Å². The van der Waals surface area contributed by atoms with Crippen molar-refractivity contribution in [2.24, 2.45) is 16.7 Å². The third-order valence-electron chi connectivity index (χ3n) is 12.9. The van der Waals surface area contributed by atoms with E-state index in [0.717, 1.165) is 126 Å². The Labute approximate surface area is 356 Å². The summed E-state index contributed by atoms with van der Waals surface area (Å²) in [6.07, 6.45) is 13.6. The molecular formula is C45H56ClN7O5S. The van der Waals surface area contributed by atoms with Gasteiger partial charge in [0.25, 0.3) is 11.6 Å². The fraction of sp³-hybridized carbons (Fsp3) is 0.511. The van der Waals surface area contributed by atoms with Gasteiger partial charge in [0.15, 0.2) is 0 Å². The molecule has 3 fully saturated rings. The molecule has 0 atom stereocenters. The summed E-state index contributed by atoms with van der Waals surface area (Å²) < 4.78 is 14.9. The number of rotatable bonds is 15. The second kappa shape index (κ2) is 18.1. The molecule has 2 aliphatic heterocycles. The number of hydrogen-bond donors (Lipinski definition) is 3. The van der Waals surface area contributed by atoms with Crippen LogP contribution in [-0.2, 0) is 4.74 Å². The topological polar surface area (TPSA) is 138 Å². The molecule has 4 heterocycles. The maximum Gasteiger partial charge on any atom is 0.293 e. The Morgan fingerprint density at radius 3 is 2.66 bits per heavy atom. The minimum absolute atomic E-state index is 0.0170. The third-order valence-corrected chi connectivity index (χ3v) is 13.9. The number of benzene rings is 2. The Hall–Kier alpha value is -4.30. The van der Waals surface area contributed by atoms with Crippen LogP contribution in [0, 0.1) is 26.9 Å². The van der Waals surface area contributed by atoms with Crippen LogP contribution in [0.5, 0.6) is 11.5 Å². The number of nitro benzene ring substituents is 1. The van der Waals surface area contributed by atoms with Gasteiger partial charge in [0.1, 0.15) is 22.8 Å². The molecule has 0 unspecified atom stereocenters. The van der Waals surface area contributed by atoms with Gasteiger partial charge in [-0.2, -0.15) is 0 Å². The lowest BCUT2D eigenvalue weighted by Crippen LogP contribution is -2.47. The largest absolute Gasteiger partial charge is 0.455 e. The van der Waals surface area contributed by atoms with Crippen LogP contribution in [0.4, 0.5) is 17.1 Å². The molecule has 0 bridgehead atoms. The lowest BCUT2D eigenvalue weighted by molar-refractivity contribution is -0.384. The summed E-state index contributed by atoms with van der Waals surface area (Å²) in [6, 6.07) is 14.6. The van der Waals surface area contributed by atoms with Crippen LogP contribution in [0.25, 0.3) is 11.0 Å². The zero-order valence-corrected chi connectivity index (χ0v) is 35.8. The van der Waals surface area contributed by atoms with Crippen molar-refractivity contribution in [3.8, 4) is 11.5 Å². The third kappa shape index (κ3) is 10.0. The van der Waals surface area contributed by atoms with Gasteiger partial charge in [-0.3, -0.25) is 24.5 Å². The second-order valence-corrected chi connectivity index (χ2v) is 19.0. The zero-order valence-electron chi connectivity index (χ0n) is 34.2. The van der Waals surface area contributed by atoms with E-state index in [1.807, 2.05) is 30.5 Å². The molecule has 2 aliphatic carbocycles. The molecular weight excluding hydrogens is 786 g/mol. The monoisotopic (exact) mass is 841 g/mol. The number of aromatic nitrogens is 2. The molecule has 1 amide bonds. The highest BCUT2D eigenvalue weighted by Crippen LogP contribution is 2.52. The summed E-state index contributed by atoms with van der Waals surface area (Å²) in [5.41, 5.74) is 6.50. The summed E-state index contributed by atoms with van der Waals surface area (Å²) in [7, 11) is 0. The highest BCUT2D eigenvalue weighted by Gasteiger charge is 2.44. The number of ether oxygens (including phenoxy) is 2. The number of anilines is 2. The van der Waals surface area contributed by atoms with E-state index < -0.39 is 0 Å². The number of alkyl halides is 1. The van der Waals surface area contributed by atoms with Gasteiger partial charge >= 0.3 is 0 Å². The minimum Gasteiger partial charge on any atom is -0.455 e. The van der Waals surface area contributed by atoms with Crippen molar-refractivity contribution >= 4 is 57.6 Å². The van der Waals surface area contributed by atoms with Crippen LogP contribution in [0.15, 0.2) is 77.0 Å². The number of pyridine rings is 1. The van der Waals surface area contributed by atoms with Gasteiger partial charge in [0.05, 0.1) is 16.7 Å². The molecule has 3 N–H and O–H groups in total. The van der Waals surface area contributed by atoms with Crippen LogP contribution in [0.3, 0.4) is 0 Å². The molecule has 314 valence electrons. The molecule has 2 saturated heterocycles. The van der Waals surface area contributed by atoms with Crippen LogP contribution >= 0.6 is 23.5 Å². The summed E-state index contributed by atoms with van der Waals surface area (Å²) in [5, 5.41) is 16.4. The standard InChI is InChI=1S/C45H56ClN7O5S/c1-44(2)11-9-34(33(27-44)4-3-14-46)30-51-16-18-52(19-17-51)35-5-7-38(41(23-35)58-36-22-32-10-15-47-42(32)49-29-36)43(54)50-59-37-6-8-39(40(24-37)53(55)56)48-28-31-25-45(26-31)12-20-57-21-13-45/h5-8,10,15,22-24,29,31,48H,3-4,9,11-14,16-21,25-28,30H2,1-2H3,(H,47,49)(H,50,54). The first-order chi connectivity index (χ1) is 28.5. The Balaban J connectivity index is 0.933. The molecule has 1 saturated carbocycles. The van der Waals surface area contributed by atoms with Crippen molar-refractivity contribution in [3.63, 3.8) is 0 Å². The zero-order chi connectivity index (χ0) is 41.0. The predicted octanol–water partition coefficient (Wildman–Crippen LogP) is 9.97. The average Bonchev–Trinajstić information content (AvgIpc) is 3.70. The number of amides is 1. The van der Waals surface area contributed by atoms with Gasteiger partial charge in [-0.1, -0.05) is 25.0 Å². The summed E-state index contributed by atoms with van der Waals surface area (Å²) in [6.45, 7) is 11.7. The van der Waals surface area contributed by atoms with E-state index >= 15 is 0 Å². The molecule has 14 heteroatoms. The van der Waals surface area contributed by atoms with E-state index in [1.165, 1.54) is 12.5 Å². The molecule has 4 aromatic rings. The van der Waals surface area contributed by atoms with Crippen molar-refractivity contribution in [1.82, 2.24) is 19.6 Å². The number of carbonyl (C=O) groups is 1. The first kappa shape index (κ1) is 41.4. The molecule has 2 aromatic heterocycles. The number of piperazine rings is 1. The molecule has 0 radical (unpaired) electrons. The number of aromatic amines is 1. The number of hydrogen-bond acceptors (Lipinski definition) is 10. The maximum atomic E-state index is 13.9. The average molecular weight is 843 g/mol. The van der Waals surface area contributed by atoms with E-state index in [0.29, 0.717) is 56.8 Å². The SMILES string of the molecule is CC1(C)CCC(CN2CCN(c3ccc(C(=O)NSc4ccc(NCC5CC6(CCOCC6)C5)c([N+](=O)[O-])c4)c(Oc4cnc5[nH]ccc5c4)c3)CC2)=C(CCCCl)C1. The number of nitro groups is 1. The van der Waals surface area contributed by atoms with Crippen LogP contribution < -0.4 is 19.7 Å². The van der Waals surface area contributed by atoms with Gasteiger partial charge < -0.3 is 24.7 Å². The number of H-pyrrole nitrogens is 1. The normalized spacial score (nSPS) is 19.5. The molecule has 1 spiro atoms. The fourth-order valence-corrected chi connectivity index (χ4v) is 10.3. The molecule has 59 heavy (non-hydrogen) atoms. The molecule has 4 aliphatic rings. The fourth-order valence-electron chi connectivity index (χ4n) is 9.52. The Bertz CT molecular complexity index is 2170. The lowest BCUT2D eigenvalue weighted by Gasteiger charge is -2.50. The van der Waals surface area contributed by atoms with Gasteiger partial charge in [-0.15, -0.1) is 11.6 Å². The van der Waals surface area contributed by atoms with Crippen molar-refractivity contribution in [2.75, 3.05) is 68.6 Å². The Morgan fingerprint density at radius 1 is 1.07 bits per heavy atom. The Morgan fingerprint density at radius 2 is 1.88 bits per heavy atom. The van der Waals surface area contributed by atoms with E-state index in [4.69, 9.17) is 21.1 Å². The summed E-state index contributed by atoms with van der Waals surface area (Å²) in [4.78, 5) is 38.7. The first-order valence-corrected chi connectivity index (χ1v) is 22.5. The first-order valence-electron chi connectivity index (χ1n) is 21.1. The van der Waals surface area contributed by atoms with Crippen molar-refractivity contribution in [3.05, 3.63) is 87.7 Å². The molecule has 12 nitrogen and oxygen atoms in total. The van der Waals surface area contributed by atoms with Crippen LogP contribution in [-0.4, -0.2) is 84.1 Å². The van der Waals surface area contributed by atoms with E-state index in [2.05, 4.69) is 43.7 Å². The van der Waals surface area contributed by atoms with Crippen molar-refractivity contribution < 1.29 is 19.2 Å². The Kier molecular flexibility index (Phi) is 12.7. The number of fused-ring (bicyclic) bond motifs is 1. The van der Waals surface area contributed by atoms with E-state index in [9.17, 15) is 14.9 Å². The lowest BCUT2D eigenvalue weighted by atomic mass is 9.58. The van der Waals surface area contributed by atoms with Gasteiger partial charge in [0.2, 0.25) is 0 Å². The van der Waals surface area contributed by atoms with Gasteiger partial charge in [-0.05, 0) is 123 Å². The number of halogens is 1. The van der Waals surface area contributed by atoms with Crippen molar-refractivity contribution in [2.45, 2.75) is 76.5 Å². The van der Waals surface area contributed by atoms with Gasteiger partial charge in [-0.25, -0.2) is 4.98 Å². The highest BCUT2D eigenvalue weighted by atomic mass is 35.5. The number of carbonyl (C=O) groups excluding carboxylic acids is 1. The number of allylic oxidation sites excluding steroid dienone is 1. The van der Waals surface area contributed by atoms with Crippen molar-refractivity contribution in [1.29, 1.82) is 0 Å². The van der Waals surface area contributed by atoms with Crippen LogP contribution in [0.1, 0.15) is 82.0 Å². The minimum atomic E-state index is -0.372. The van der Waals surface area contributed by atoms with E-state index in [1.54, 1.807) is 35.5 Å². The molecule has 2 aromatic carbocycles. The maximum absolute atomic E-state index is 13.9. The molecule has 8 rings (SSSR count). The van der Waals surface area contributed by atoms with Crippen LogP contribution in [0.2, 0.25) is 0 Å². The second-order valence-electron chi connectivity index (χ2n) is 17.7. The number of nitrogens with zero attached hydrogens (tertiary/aromatic N) is 4. The van der Waals surface area contributed by atoms with E-state index in [-0.39, 0.29) is 16.5 Å². The highest BCUT2D eigenvalue weighted by molar-refractivity contribution is 7.98. The summed E-state index contributed by atoms with van der Waals surface area (Å²) in [5.74, 6) is 1.74. The summed E-state index contributed by atoms with van der Waals surface area (Å²) >= 11 is 7.15. The smallest absolute Gasteiger partial charge is 0.293 e. The predicted molar refractivity (Wildman–Crippen MR) is 236 cm³/mol.